The zero-order chi connectivity index (χ0) is 13.1. The van der Waals surface area contributed by atoms with E-state index in [9.17, 15) is 4.79 Å². The van der Waals surface area contributed by atoms with Crippen LogP contribution in [0.5, 0.6) is 5.75 Å². The molecule has 0 N–H and O–H groups in total. The molecular weight excluding hydrogens is 240 g/mol. The predicted molar refractivity (Wildman–Crippen MR) is 73.3 cm³/mol. The average Bonchev–Trinajstić information content (AvgIpc) is 3.11. The van der Waals surface area contributed by atoms with Crippen LogP contribution in [-0.2, 0) is 0 Å². The minimum absolute atomic E-state index is 0.215. The number of para-hydroxylation sites is 1. The van der Waals surface area contributed by atoms with Gasteiger partial charge in [-0.1, -0.05) is 18.2 Å². The predicted octanol–water partition coefficient (Wildman–Crippen LogP) is 2.36. The van der Waals surface area contributed by atoms with Gasteiger partial charge >= 0.3 is 6.09 Å². The minimum atomic E-state index is -0.215. The number of carbonyl (C=O) groups is 1. The molecule has 1 aromatic carbocycles. The highest BCUT2D eigenvalue weighted by Gasteiger charge is 2.32. The van der Waals surface area contributed by atoms with E-state index in [1.54, 1.807) is 0 Å². The van der Waals surface area contributed by atoms with Crippen LogP contribution in [0.25, 0.3) is 0 Å². The monoisotopic (exact) mass is 260 g/mol. The third-order valence-corrected chi connectivity index (χ3v) is 4.03. The molecule has 2 heterocycles. The molecule has 3 rings (SSSR count). The Labute approximate surface area is 113 Å². The van der Waals surface area contributed by atoms with Crippen molar-refractivity contribution in [2.24, 2.45) is 0 Å². The molecule has 1 aromatic rings. The zero-order valence-electron chi connectivity index (χ0n) is 11.1. The van der Waals surface area contributed by atoms with Gasteiger partial charge in [-0.2, -0.15) is 0 Å². The molecule has 0 spiro atoms. The lowest BCUT2D eigenvalue weighted by Gasteiger charge is -2.23. The maximum Gasteiger partial charge on any atom is 0.415 e. The Hall–Kier alpha value is -1.55. The van der Waals surface area contributed by atoms with E-state index in [0.717, 1.165) is 19.5 Å². The lowest BCUT2D eigenvalue weighted by molar-refractivity contribution is 0.157. The molecule has 0 aromatic heterocycles. The van der Waals surface area contributed by atoms with E-state index in [-0.39, 0.29) is 6.09 Å². The number of hydrogen-bond donors (Lipinski definition) is 0. The van der Waals surface area contributed by atoms with Crippen molar-refractivity contribution in [2.75, 3.05) is 26.2 Å². The average molecular weight is 260 g/mol. The first-order valence-electron chi connectivity index (χ1n) is 7.09. The third kappa shape index (κ3) is 2.89. The quantitative estimate of drug-likeness (QED) is 0.818. The second-order valence-corrected chi connectivity index (χ2v) is 5.31. The van der Waals surface area contributed by atoms with Crippen molar-refractivity contribution < 1.29 is 9.53 Å². The van der Waals surface area contributed by atoms with E-state index in [4.69, 9.17) is 4.74 Å². The molecule has 2 aliphatic heterocycles. The molecule has 4 nitrogen and oxygen atoms in total. The molecule has 102 valence electrons. The molecule has 0 saturated carbocycles. The van der Waals surface area contributed by atoms with Crippen LogP contribution < -0.4 is 4.74 Å². The van der Waals surface area contributed by atoms with E-state index >= 15 is 0 Å². The van der Waals surface area contributed by atoms with Gasteiger partial charge < -0.3 is 9.64 Å². The Bertz CT molecular complexity index is 429. The number of likely N-dealkylation sites (tertiary alicyclic amines) is 2. The first-order chi connectivity index (χ1) is 9.33. The van der Waals surface area contributed by atoms with Gasteiger partial charge in [0.25, 0.3) is 0 Å². The summed E-state index contributed by atoms with van der Waals surface area (Å²) in [6.07, 6.45) is 3.45. The number of hydrogen-bond acceptors (Lipinski definition) is 3. The van der Waals surface area contributed by atoms with Gasteiger partial charge in [0, 0.05) is 19.1 Å². The summed E-state index contributed by atoms with van der Waals surface area (Å²) in [5.41, 5.74) is 0. The number of nitrogens with zero attached hydrogens (tertiary/aromatic N) is 2. The Morgan fingerprint density at radius 2 is 1.84 bits per heavy atom. The standard InChI is InChI=1S/C15H20N2O2/c18-15(19-14-6-2-1-3-7-14)17-11-8-13(12-17)16-9-4-5-10-16/h1-3,6-7,13H,4-5,8-12H2. The molecule has 1 amide bonds. The van der Waals surface area contributed by atoms with Crippen molar-refractivity contribution in [2.45, 2.75) is 25.3 Å². The van der Waals surface area contributed by atoms with Crippen LogP contribution in [0.2, 0.25) is 0 Å². The Morgan fingerprint density at radius 1 is 1.11 bits per heavy atom. The normalized spacial score (nSPS) is 23.8. The van der Waals surface area contributed by atoms with Gasteiger partial charge in [-0.3, -0.25) is 4.90 Å². The fourth-order valence-electron chi connectivity index (χ4n) is 2.97. The van der Waals surface area contributed by atoms with Crippen molar-refractivity contribution in [1.82, 2.24) is 9.80 Å². The molecule has 0 aliphatic carbocycles. The van der Waals surface area contributed by atoms with Crippen LogP contribution >= 0.6 is 0 Å². The minimum Gasteiger partial charge on any atom is -0.410 e. The summed E-state index contributed by atoms with van der Waals surface area (Å²) in [6.45, 7) is 4.00. The molecule has 4 heteroatoms. The van der Waals surface area contributed by atoms with Gasteiger partial charge in [-0.25, -0.2) is 4.79 Å². The van der Waals surface area contributed by atoms with Gasteiger partial charge in [0.15, 0.2) is 0 Å². The van der Waals surface area contributed by atoms with Gasteiger partial charge in [-0.15, -0.1) is 0 Å². The van der Waals surface area contributed by atoms with Crippen molar-refractivity contribution in [3.63, 3.8) is 0 Å². The fraction of sp³-hybridized carbons (Fsp3) is 0.533. The van der Waals surface area contributed by atoms with Gasteiger partial charge in [0.2, 0.25) is 0 Å². The van der Waals surface area contributed by atoms with Crippen molar-refractivity contribution >= 4 is 6.09 Å². The molecule has 0 bridgehead atoms. The van der Waals surface area contributed by atoms with E-state index in [0.29, 0.717) is 11.8 Å². The Balaban J connectivity index is 1.54. The summed E-state index contributed by atoms with van der Waals surface area (Å²) in [6, 6.07) is 9.82. The first-order valence-corrected chi connectivity index (χ1v) is 7.09. The van der Waals surface area contributed by atoms with Crippen molar-refractivity contribution in [1.29, 1.82) is 0 Å². The third-order valence-electron chi connectivity index (χ3n) is 4.03. The summed E-state index contributed by atoms with van der Waals surface area (Å²) in [4.78, 5) is 16.4. The van der Waals surface area contributed by atoms with Crippen molar-refractivity contribution in [3.05, 3.63) is 30.3 Å². The van der Waals surface area contributed by atoms with Crippen LogP contribution in [0.1, 0.15) is 19.3 Å². The zero-order valence-corrected chi connectivity index (χ0v) is 11.1. The molecule has 1 atom stereocenters. The van der Waals surface area contributed by atoms with Crippen LogP contribution in [0.15, 0.2) is 30.3 Å². The highest BCUT2D eigenvalue weighted by atomic mass is 16.6. The van der Waals surface area contributed by atoms with Crippen LogP contribution in [0.3, 0.4) is 0 Å². The van der Waals surface area contributed by atoms with Gasteiger partial charge in [0.05, 0.1) is 0 Å². The summed E-state index contributed by atoms with van der Waals surface area (Å²) >= 11 is 0. The second kappa shape index (κ2) is 5.61. The Morgan fingerprint density at radius 3 is 2.58 bits per heavy atom. The highest BCUT2D eigenvalue weighted by Crippen LogP contribution is 2.21. The van der Waals surface area contributed by atoms with Crippen LogP contribution in [-0.4, -0.2) is 48.1 Å². The van der Waals surface area contributed by atoms with E-state index in [1.807, 2.05) is 35.2 Å². The molecule has 2 aliphatic rings. The number of rotatable bonds is 2. The van der Waals surface area contributed by atoms with E-state index in [2.05, 4.69) is 4.90 Å². The topological polar surface area (TPSA) is 32.8 Å². The summed E-state index contributed by atoms with van der Waals surface area (Å²) in [7, 11) is 0. The lowest BCUT2D eigenvalue weighted by atomic mass is 10.2. The van der Waals surface area contributed by atoms with Gasteiger partial charge in [0.1, 0.15) is 5.75 Å². The molecular formula is C15H20N2O2. The van der Waals surface area contributed by atoms with Gasteiger partial charge in [-0.05, 0) is 44.5 Å². The van der Waals surface area contributed by atoms with Crippen LogP contribution in [0.4, 0.5) is 4.79 Å². The molecule has 19 heavy (non-hydrogen) atoms. The van der Waals surface area contributed by atoms with E-state index in [1.165, 1.54) is 25.9 Å². The molecule has 2 fully saturated rings. The molecule has 0 radical (unpaired) electrons. The second-order valence-electron chi connectivity index (χ2n) is 5.31. The SMILES string of the molecule is O=C(Oc1ccccc1)N1CCC(N2CCCC2)C1. The largest absolute Gasteiger partial charge is 0.415 e. The number of amides is 1. The molecule has 2 saturated heterocycles. The maximum atomic E-state index is 12.1. The van der Waals surface area contributed by atoms with Crippen LogP contribution in [0, 0.1) is 0 Å². The highest BCUT2D eigenvalue weighted by molar-refractivity contribution is 5.71. The fourth-order valence-corrected chi connectivity index (χ4v) is 2.97. The Kier molecular flexibility index (Phi) is 3.69. The number of ether oxygens (including phenoxy) is 1. The number of carbonyl (C=O) groups excluding carboxylic acids is 1. The smallest absolute Gasteiger partial charge is 0.410 e. The van der Waals surface area contributed by atoms with E-state index < -0.39 is 0 Å². The summed E-state index contributed by atoms with van der Waals surface area (Å²) in [5.74, 6) is 0.622. The molecule has 1 unspecified atom stereocenters. The lowest BCUT2D eigenvalue weighted by Crippen LogP contribution is -2.38. The van der Waals surface area contributed by atoms with Crippen molar-refractivity contribution in [3.8, 4) is 5.75 Å². The first kappa shape index (κ1) is 12.5. The summed E-state index contributed by atoms with van der Waals surface area (Å²) in [5, 5.41) is 0. The maximum absolute atomic E-state index is 12.1. The number of benzene rings is 1. The summed E-state index contributed by atoms with van der Waals surface area (Å²) < 4.78 is 5.38.